The van der Waals surface area contributed by atoms with Gasteiger partial charge in [0.05, 0.1) is 11.2 Å². The van der Waals surface area contributed by atoms with Gasteiger partial charge in [0.2, 0.25) is 11.8 Å². The van der Waals surface area contributed by atoms with Gasteiger partial charge in [0, 0.05) is 41.5 Å². The van der Waals surface area contributed by atoms with Crippen LogP contribution in [0.25, 0.3) is 22.4 Å². The van der Waals surface area contributed by atoms with Gasteiger partial charge in [-0.2, -0.15) is 0 Å². The second-order valence-corrected chi connectivity index (χ2v) is 9.61. The van der Waals surface area contributed by atoms with E-state index in [4.69, 9.17) is 10.2 Å². The molecule has 1 aliphatic rings. The molecule has 3 heterocycles. The zero-order valence-corrected chi connectivity index (χ0v) is 20.5. The number of rotatable bonds is 4. The van der Waals surface area contributed by atoms with Crippen molar-refractivity contribution >= 4 is 38.4 Å². The van der Waals surface area contributed by atoms with E-state index in [-0.39, 0.29) is 17.0 Å². The number of aryl methyl sites for hydroxylation is 2. The van der Waals surface area contributed by atoms with E-state index >= 15 is 0 Å². The van der Waals surface area contributed by atoms with E-state index in [1.54, 1.807) is 7.05 Å². The van der Waals surface area contributed by atoms with E-state index < -0.39 is 5.91 Å². The average molecular weight is 522 g/mol. The van der Waals surface area contributed by atoms with Gasteiger partial charge >= 0.3 is 0 Å². The molecule has 9 heteroatoms. The fourth-order valence-corrected chi connectivity index (χ4v) is 5.06. The van der Waals surface area contributed by atoms with Crippen LogP contribution in [0.2, 0.25) is 0 Å². The predicted molar refractivity (Wildman–Crippen MR) is 134 cm³/mol. The van der Waals surface area contributed by atoms with Gasteiger partial charge < -0.3 is 19.6 Å². The minimum atomic E-state index is -0.723. The van der Waals surface area contributed by atoms with Crippen molar-refractivity contribution < 1.29 is 9.21 Å². The van der Waals surface area contributed by atoms with Gasteiger partial charge in [-0.05, 0) is 50.1 Å². The van der Waals surface area contributed by atoms with E-state index in [9.17, 15) is 9.59 Å². The summed E-state index contributed by atoms with van der Waals surface area (Å²) in [4.78, 5) is 27.4. The van der Waals surface area contributed by atoms with Gasteiger partial charge in [-0.1, -0.05) is 33.6 Å². The quantitative estimate of drug-likeness (QED) is 0.432. The first-order valence-corrected chi connectivity index (χ1v) is 11.9. The standard InChI is InChI=1S/C25H24BrN5O3/c1-14-4-3-5-16(12-14)24-29-28-23(34-24)15-8-10-31(11-9-15)21-18-13-17(26)6-7-19(18)30(2)25(33)20(21)22(27)32/h3-7,12-13,15H,8-11H2,1-2H3,(H2,27,32). The van der Waals surface area contributed by atoms with Crippen molar-refractivity contribution in [2.45, 2.75) is 25.7 Å². The number of carbonyl (C=O) groups is 1. The Bertz CT molecular complexity index is 1470. The van der Waals surface area contributed by atoms with Crippen molar-refractivity contribution in [3.05, 3.63) is 74.3 Å². The van der Waals surface area contributed by atoms with Crippen LogP contribution in [0.15, 0.2) is 56.1 Å². The Labute approximate surface area is 204 Å². The Balaban J connectivity index is 1.46. The molecule has 2 N–H and O–H groups in total. The van der Waals surface area contributed by atoms with Crippen LogP contribution < -0.4 is 16.2 Å². The summed E-state index contributed by atoms with van der Waals surface area (Å²) in [6, 6.07) is 13.6. The highest BCUT2D eigenvalue weighted by atomic mass is 79.9. The van der Waals surface area contributed by atoms with E-state index in [0.29, 0.717) is 30.6 Å². The number of hydrogen-bond acceptors (Lipinski definition) is 6. The largest absolute Gasteiger partial charge is 0.420 e. The lowest BCUT2D eigenvalue weighted by atomic mass is 9.95. The van der Waals surface area contributed by atoms with Gasteiger partial charge in [-0.15, -0.1) is 10.2 Å². The molecule has 2 aromatic carbocycles. The van der Waals surface area contributed by atoms with Crippen LogP contribution >= 0.6 is 15.9 Å². The maximum atomic E-state index is 13.0. The number of halogens is 1. The number of hydrogen-bond donors (Lipinski definition) is 1. The number of amides is 1. The fourth-order valence-electron chi connectivity index (χ4n) is 4.70. The molecule has 8 nitrogen and oxygen atoms in total. The third kappa shape index (κ3) is 3.90. The van der Waals surface area contributed by atoms with Crippen molar-refractivity contribution in [2.24, 2.45) is 12.8 Å². The number of aromatic nitrogens is 3. The van der Waals surface area contributed by atoms with E-state index in [1.165, 1.54) is 4.57 Å². The number of pyridine rings is 1. The molecule has 2 aromatic heterocycles. The highest BCUT2D eigenvalue weighted by Gasteiger charge is 2.30. The smallest absolute Gasteiger partial charge is 0.265 e. The summed E-state index contributed by atoms with van der Waals surface area (Å²) >= 11 is 3.51. The summed E-state index contributed by atoms with van der Waals surface area (Å²) in [5.74, 6) is 0.505. The molecule has 0 saturated carbocycles. The Hall–Kier alpha value is -3.46. The summed E-state index contributed by atoms with van der Waals surface area (Å²) in [6.07, 6.45) is 1.50. The monoisotopic (exact) mass is 521 g/mol. The molecule has 0 atom stereocenters. The zero-order valence-electron chi connectivity index (χ0n) is 18.9. The minimum absolute atomic E-state index is 0.0195. The highest BCUT2D eigenvalue weighted by molar-refractivity contribution is 9.10. The van der Waals surface area contributed by atoms with Gasteiger partial charge in [-0.3, -0.25) is 9.59 Å². The number of nitrogens with two attached hydrogens (primary N) is 1. The van der Waals surface area contributed by atoms with Gasteiger partial charge in [0.15, 0.2) is 0 Å². The lowest BCUT2D eigenvalue weighted by molar-refractivity contribution is 0.0999. The van der Waals surface area contributed by atoms with Crippen molar-refractivity contribution in [1.82, 2.24) is 14.8 Å². The van der Waals surface area contributed by atoms with Crippen LogP contribution in [-0.4, -0.2) is 33.8 Å². The molecule has 1 saturated heterocycles. The molecule has 0 radical (unpaired) electrons. The molecule has 1 amide bonds. The molecule has 174 valence electrons. The van der Waals surface area contributed by atoms with Crippen LogP contribution in [0.5, 0.6) is 0 Å². The molecule has 4 aromatic rings. The summed E-state index contributed by atoms with van der Waals surface area (Å²) in [5, 5.41) is 9.36. The molecule has 5 rings (SSSR count). The summed E-state index contributed by atoms with van der Waals surface area (Å²) in [5.41, 5.74) is 8.68. The normalized spacial score (nSPS) is 14.6. The Kier molecular flexibility index (Phi) is 5.73. The van der Waals surface area contributed by atoms with Crippen LogP contribution in [0.3, 0.4) is 0 Å². The zero-order chi connectivity index (χ0) is 24.0. The molecule has 1 fully saturated rings. The summed E-state index contributed by atoms with van der Waals surface area (Å²) < 4.78 is 8.35. The molecular weight excluding hydrogens is 498 g/mol. The Morgan fingerprint density at radius 1 is 1.15 bits per heavy atom. The number of primary amides is 1. The first-order valence-electron chi connectivity index (χ1n) is 11.1. The summed E-state index contributed by atoms with van der Waals surface area (Å²) in [6.45, 7) is 3.28. The lowest BCUT2D eigenvalue weighted by Crippen LogP contribution is -2.38. The molecule has 0 bridgehead atoms. The van der Waals surface area contributed by atoms with Gasteiger partial charge in [0.1, 0.15) is 5.56 Å². The van der Waals surface area contributed by atoms with Crippen LogP contribution in [0, 0.1) is 6.92 Å². The van der Waals surface area contributed by atoms with E-state index in [1.807, 2.05) is 49.4 Å². The maximum Gasteiger partial charge on any atom is 0.265 e. The third-order valence-electron chi connectivity index (χ3n) is 6.44. The molecule has 1 aliphatic heterocycles. The van der Waals surface area contributed by atoms with Gasteiger partial charge in [-0.25, -0.2) is 0 Å². The van der Waals surface area contributed by atoms with E-state index in [0.717, 1.165) is 39.3 Å². The van der Waals surface area contributed by atoms with Crippen molar-refractivity contribution in [3.8, 4) is 11.5 Å². The van der Waals surface area contributed by atoms with Crippen molar-refractivity contribution in [2.75, 3.05) is 18.0 Å². The second-order valence-electron chi connectivity index (χ2n) is 8.69. The number of benzene rings is 2. The third-order valence-corrected chi connectivity index (χ3v) is 6.94. The second kappa shape index (κ2) is 8.72. The highest BCUT2D eigenvalue weighted by Crippen LogP contribution is 2.36. The minimum Gasteiger partial charge on any atom is -0.420 e. The number of carbonyl (C=O) groups excluding carboxylic acids is 1. The maximum absolute atomic E-state index is 13.0. The first kappa shape index (κ1) is 22.3. The predicted octanol–water partition coefficient (Wildman–Crippen LogP) is 4.14. The first-order chi connectivity index (χ1) is 16.3. The topological polar surface area (TPSA) is 107 Å². The number of piperidine rings is 1. The SMILES string of the molecule is Cc1cccc(-c2nnc(C3CCN(c4c(C(N)=O)c(=O)n(C)c5ccc(Br)cc45)CC3)o2)c1. The fraction of sp³-hybridized carbons (Fsp3) is 0.280. The number of fused-ring (bicyclic) bond motifs is 1. The van der Waals surface area contributed by atoms with Crippen LogP contribution in [-0.2, 0) is 7.05 Å². The van der Waals surface area contributed by atoms with Gasteiger partial charge in [0.25, 0.3) is 11.5 Å². The molecular formula is C25H24BrN5O3. The Morgan fingerprint density at radius 2 is 1.91 bits per heavy atom. The van der Waals surface area contributed by atoms with Crippen LogP contribution in [0.4, 0.5) is 5.69 Å². The lowest BCUT2D eigenvalue weighted by Gasteiger charge is -2.34. The average Bonchev–Trinajstić information content (AvgIpc) is 3.31. The molecule has 0 unspecified atom stereocenters. The van der Waals surface area contributed by atoms with Crippen LogP contribution in [0.1, 0.15) is 40.6 Å². The van der Waals surface area contributed by atoms with E-state index in [2.05, 4.69) is 31.0 Å². The molecule has 0 spiro atoms. The number of anilines is 1. The molecule has 0 aliphatic carbocycles. The van der Waals surface area contributed by atoms with Crippen molar-refractivity contribution in [3.63, 3.8) is 0 Å². The number of nitrogens with zero attached hydrogens (tertiary/aromatic N) is 4. The van der Waals surface area contributed by atoms with Crippen molar-refractivity contribution in [1.29, 1.82) is 0 Å². The summed E-state index contributed by atoms with van der Waals surface area (Å²) in [7, 11) is 1.66. The Morgan fingerprint density at radius 3 is 2.62 bits per heavy atom. The molecule has 34 heavy (non-hydrogen) atoms.